The summed E-state index contributed by atoms with van der Waals surface area (Å²) in [5.74, 6) is 0.0583. The fourth-order valence-corrected chi connectivity index (χ4v) is 3.32. The van der Waals surface area contributed by atoms with Crippen LogP contribution in [0.2, 0.25) is 0 Å². The molecule has 5 nitrogen and oxygen atoms in total. The van der Waals surface area contributed by atoms with Gasteiger partial charge in [-0.05, 0) is 42.5 Å². The predicted octanol–water partition coefficient (Wildman–Crippen LogP) is 4.00. The van der Waals surface area contributed by atoms with Crippen LogP contribution in [0.5, 0.6) is 0 Å². The minimum absolute atomic E-state index is 0.0583. The Hall–Kier alpha value is -2.92. The molecule has 3 aromatic rings. The summed E-state index contributed by atoms with van der Waals surface area (Å²) in [6, 6.07) is 18.3. The Bertz CT molecular complexity index is 931. The lowest BCUT2D eigenvalue weighted by molar-refractivity contribution is -0.121. The Kier molecular flexibility index (Phi) is 7.19. The lowest BCUT2D eigenvalue weighted by Crippen LogP contribution is -2.23. The molecular formula is C24H29N3O2. The Labute approximate surface area is 172 Å². The highest BCUT2D eigenvalue weighted by Gasteiger charge is 2.11. The molecular weight excluding hydrogens is 362 g/mol. The number of aromatic nitrogens is 2. The second kappa shape index (κ2) is 10.0. The highest BCUT2D eigenvalue weighted by molar-refractivity contribution is 5.76. The smallest absolute Gasteiger partial charge is 0.220 e. The topological polar surface area (TPSA) is 56.2 Å². The van der Waals surface area contributed by atoms with Crippen molar-refractivity contribution in [2.45, 2.75) is 46.4 Å². The normalized spacial score (nSPS) is 10.9. The second-order valence-electron chi connectivity index (χ2n) is 7.34. The fraction of sp³-hybridized carbons (Fsp3) is 0.333. The number of hydrogen-bond acceptors (Lipinski definition) is 3. The van der Waals surface area contributed by atoms with E-state index >= 15 is 0 Å². The lowest BCUT2D eigenvalue weighted by atomic mass is 10.1. The van der Waals surface area contributed by atoms with Crippen LogP contribution in [0.3, 0.4) is 0 Å². The molecule has 0 radical (unpaired) electrons. The number of rotatable bonds is 9. The van der Waals surface area contributed by atoms with Gasteiger partial charge in [0.15, 0.2) is 0 Å². The van der Waals surface area contributed by atoms with Gasteiger partial charge >= 0.3 is 0 Å². The Balaban J connectivity index is 1.39. The molecule has 1 N–H and O–H groups in total. The van der Waals surface area contributed by atoms with E-state index in [1.165, 1.54) is 11.1 Å². The third kappa shape index (κ3) is 6.03. The average molecular weight is 392 g/mol. The van der Waals surface area contributed by atoms with E-state index in [4.69, 9.17) is 4.74 Å². The van der Waals surface area contributed by atoms with Crippen LogP contribution in [0, 0.1) is 13.8 Å². The predicted molar refractivity (Wildman–Crippen MR) is 114 cm³/mol. The molecule has 0 aliphatic carbocycles. The first-order valence-corrected chi connectivity index (χ1v) is 9.98. The van der Waals surface area contributed by atoms with Gasteiger partial charge in [0.05, 0.1) is 18.9 Å². The van der Waals surface area contributed by atoms with Crippen LogP contribution in [-0.2, 0) is 42.8 Å². The Morgan fingerprint density at radius 1 is 0.966 bits per heavy atom. The van der Waals surface area contributed by atoms with Gasteiger partial charge < -0.3 is 10.1 Å². The van der Waals surface area contributed by atoms with E-state index in [0.717, 1.165) is 28.9 Å². The van der Waals surface area contributed by atoms with Gasteiger partial charge in [0.25, 0.3) is 0 Å². The van der Waals surface area contributed by atoms with Crippen LogP contribution in [-0.4, -0.2) is 15.7 Å². The Morgan fingerprint density at radius 3 is 2.21 bits per heavy atom. The van der Waals surface area contributed by atoms with Crippen molar-refractivity contribution in [3.63, 3.8) is 0 Å². The molecule has 0 unspecified atom stereocenters. The fourth-order valence-electron chi connectivity index (χ4n) is 3.32. The number of aryl methyl sites for hydroxylation is 2. The number of ether oxygens (including phenoxy) is 1. The minimum Gasteiger partial charge on any atom is -0.372 e. The number of nitrogens with one attached hydrogen (secondary N) is 1. The van der Waals surface area contributed by atoms with Gasteiger partial charge in [-0.25, -0.2) is 0 Å². The monoisotopic (exact) mass is 391 g/mol. The maximum atomic E-state index is 12.2. The molecule has 0 atom stereocenters. The molecule has 1 amide bonds. The molecule has 29 heavy (non-hydrogen) atoms. The van der Waals surface area contributed by atoms with Crippen LogP contribution >= 0.6 is 0 Å². The third-order valence-electron chi connectivity index (χ3n) is 5.15. The molecule has 152 valence electrons. The van der Waals surface area contributed by atoms with Gasteiger partial charge in [0.2, 0.25) is 5.91 Å². The van der Waals surface area contributed by atoms with Crippen LogP contribution < -0.4 is 5.32 Å². The molecule has 0 aliphatic heterocycles. The van der Waals surface area contributed by atoms with Crippen molar-refractivity contribution in [2.75, 3.05) is 0 Å². The van der Waals surface area contributed by atoms with E-state index in [-0.39, 0.29) is 5.91 Å². The summed E-state index contributed by atoms with van der Waals surface area (Å²) in [4.78, 5) is 12.2. The Morgan fingerprint density at radius 2 is 1.59 bits per heavy atom. The molecule has 1 heterocycles. The van der Waals surface area contributed by atoms with E-state index in [2.05, 4.69) is 34.7 Å². The molecule has 0 spiro atoms. The van der Waals surface area contributed by atoms with Crippen molar-refractivity contribution in [1.82, 2.24) is 15.1 Å². The van der Waals surface area contributed by atoms with Crippen LogP contribution in [0.25, 0.3) is 0 Å². The van der Waals surface area contributed by atoms with Gasteiger partial charge in [0.1, 0.15) is 0 Å². The number of carbonyl (C=O) groups excluding carboxylic acids is 1. The van der Waals surface area contributed by atoms with Gasteiger partial charge in [-0.3, -0.25) is 9.48 Å². The standard InChI is InChI=1S/C24H29N3O2/c1-18-23(19(2)27(3)26-18)13-14-24(28)25-15-20-9-11-22(12-10-20)17-29-16-21-7-5-4-6-8-21/h4-12H,13-17H2,1-3H3,(H,25,28). The number of benzene rings is 2. The van der Waals surface area contributed by atoms with Gasteiger partial charge in [0, 0.05) is 25.7 Å². The second-order valence-corrected chi connectivity index (χ2v) is 7.34. The molecule has 0 bridgehead atoms. The maximum absolute atomic E-state index is 12.2. The summed E-state index contributed by atoms with van der Waals surface area (Å²) in [7, 11) is 1.93. The number of hydrogen-bond donors (Lipinski definition) is 1. The van der Waals surface area contributed by atoms with Crippen LogP contribution in [0.4, 0.5) is 0 Å². The van der Waals surface area contributed by atoms with Crippen LogP contribution in [0.1, 0.15) is 40.1 Å². The highest BCUT2D eigenvalue weighted by Crippen LogP contribution is 2.14. The lowest BCUT2D eigenvalue weighted by Gasteiger charge is -2.08. The summed E-state index contributed by atoms with van der Waals surface area (Å²) in [6.07, 6.45) is 1.19. The molecule has 0 saturated heterocycles. The maximum Gasteiger partial charge on any atom is 0.220 e. The molecule has 2 aromatic carbocycles. The first-order chi connectivity index (χ1) is 14.0. The zero-order valence-corrected chi connectivity index (χ0v) is 17.4. The van der Waals surface area contributed by atoms with Crippen molar-refractivity contribution < 1.29 is 9.53 Å². The number of carbonyl (C=O) groups is 1. The van der Waals surface area contributed by atoms with Gasteiger partial charge in [-0.2, -0.15) is 5.10 Å². The highest BCUT2D eigenvalue weighted by atomic mass is 16.5. The first kappa shape index (κ1) is 20.8. The van der Waals surface area contributed by atoms with E-state index in [1.54, 1.807) is 0 Å². The van der Waals surface area contributed by atoms with E-state index < -0.39 is 0 Å². The van der Waals surface area contributed by atoms with E-state index in [1.807, 2.05) is 55.9 Å². The zero-order chi connectivity index (χ0) is 20.6. The summed E-state index contributed by atoms with van der Waals surface area (Å²) in [5.41, 5.74) is 6.67. The quantitative estimate of drug-likeness (QED) is 0.600. The largest absolute Gasteiger partial charge is 0.372 e. The molecule has 1 aromatic heterocycles. The molecule has 0 saturated carbocycles. The van der Waals surface area contributed by atoms with Gasteiger partial charge in [-0.1, -0.05) is 54.6 Å². The molecule has 5 heteroatoms. The third-order valence-corrected chi connectivity index (χ3v) is 5.15. The van der Waals surface area contributed by atoms with Crippen molar-refractivity contribution in [3.05, 3.63) is 88.2 Å². The molecule has 0 aliphatic rings. The average Bonchev–Trinajstić information content (AvgIpc) is 2.98. The van der Waals surface area contributed by atoms with Crippen molar-refractivity contribution in [3.8, 4) is 0 Å². The first-order valence-electron chi connectivity index (χ1n) is 9.98. The van der Waals surface area contributed by atoms with E-state index in [9.17, 15) is 4.79 Å². The molecule has 3 rings (SSSR count). The summed E-state index contributed by atoms with van der Waals surface area (Å²) < 4.78 is 7.63. The minimum atomic E-state index is 0.0583. The van der Waals surface area contributed by atoms with Gasteiger partial charge in [-0.15, -0.1) is 0 Å². The SMILES string of the molecule is Cc1nn(C)c(C)c1CCC(=O)NCc1ccc(COCc2ccccc2)cc1. The summed E-state index contributed by atoms with van der Waals surface area (Å²) in [5, 5.41) is 7.41. The van der Waals surface area contributed by atoms with E-state index in [0.29, 0.717) is 26.2 Å². The summed E-state index contributed by atoms with van der Waals surface area (Å²) in [6.45, 7) is 5.75. The molecule has 0 fully saturated rings. The number of amides is 1. The van der Waals surface area contributed by atoms with Crippen molar-refractivity contribution in [1.29, 1.82) is 0 Å². The summed E-state index contributed by atoms with van der Waals surface area (Å²) >= 11 is 0. The van der Waals surface area contributed by atoms with Crippen LogP contribution in [0.15, 0.2) is 54.6 Å². The zero-order valence-electron chi connectivity index (χ0n) is 17.4. The van der Waals surface area contributed by atoms with Crippen molar-refractivity contribution in [2.24, 2.45) is 7.05 Å². The van der Waals surface area contributed by atoms with Crippen molar-refractivity contribution >= 4 is 5.91 Å². The number of nitrogens with zero attached hydrogens (tertiary/aromatic N) is 2.